The molecule has 0 aliphatic rings. The quantitative estimate of drug-likeness (QED) is 0.111. The van der Waals surface area contributed by atoms with E-state index < -0.39 is 41.0 Å². The number of aliphatic hydroxyl groups is 1. The molecule has 4 N–H and O–H groups in total. The van der Waals surface area contributed by atoms with Crippen LogP contribution < -0.4 is 15.8 Å². The Kier molecular flexibility index (Phi) is 15.8. The largest absolute Gasteiger partial charge is 0.481 e. The smallest absolute Gasteiger partial charge is 0.339 e. The van der Waals surface area contributed by atoms with Gasteiger partial charge in [0.05, 0.1) is 13.0 Å². The zero-order valence-corrected chi connectivity index (χ0v) is 25.5. The first kappa shape index (κ1) is 35.7. The van der Waals surface area contributed by atoms with E-state index in [4.69, 9.17) is 19.9 Å². The van der Waals surface area contributed by atoms with Crippen LogP contribution in [0.25, 0.3) is 0 Å². The lowest BCUT2D eigenvalue weighted by atomic mass is 9.81. The Hall–Kier alpha value is -3.35. The summed E-state index contributed by atoms with van der Waals surface area (Å²) in [6, 6.07) is 6.01. The van der Waals surface area contributed by atoms with Gasteiger partial charge in [0, 0.05) is 6.42 Å². The minimum atomic E-state index is -2.14. The molecule has 1 rings (SSSR count). The van der Waals surface area contributed by atoms with Gasteiger partial charge >= 0.3 is 11.9 Å². The van der Waals surface area contributed by atoms with Crippen LogP contribution in [-0.4, -0.2) is 60.5 Å². The number of esters is 2. The normalized spacial score (nSPS) is 14.2. The lowest BCUT2D eigenvalue weighted by Crippen LogP contribution is -2.56. The fraction of sp³-hybridized carbons (Fsp3) is 0.594. The van der Waals surface area contributed by atoms with E-state index in [1.807, 2.05) is 0 Å². The van der Waals surface area contributed by atoms with Crippen LogP contribution in [-0.2, 0) is 30.3 Å². The van der Waals surface area contributed by atoms with E-state index in [9.17, 15) is 19.5 Å². The van der Waals surface area contributed by atoms with Crippen LogP contribution in [0, 0.1) is 17.8 Å². The molecule has 0 saturated heterocycles. The number of hydrogen-bond acceptors (Lipinski definition) is 8. The molecule has 3 atom stereocenters. The molecule has 0 fully saturated rings. The van der Waals surface area contributed by atoms with E-state index in [2.05, 4.69) is 17.2 Å². The van der Waals surface area contributed by atoms with Crippen LogP contribution in [0.15, 0.2) is 36.4 Å². The third-order valence-electron chi connectivity index (χ3n) is 6.24. The fourth-order valence-electron chi connectivity index (χ4n) is 4.16. The van der Waals surface area contributed by atoms with Gasteiger partial charge in [0.15, 0.2) is 5.60 Å². The summed E-state index contributed by atoms with van der Waals surface area (Å²) < 4.78 is 16.0. The summed E-state index contributed by atoms with van der Waals surface area (Å²) >= 11 is 0. The number of carbonyl (C=O) groups excluding carboxylic acids is 3. The van der Waals surface area contributed by atoms with E-state index in [-0.39, 0.29) is 19.4 Å². The van der Waals surface area contributed by atoms with Crippen molar-refractivity contribution in [2.45, 2.75) is 96.8 Å². The number of benzene rings is 1. The van der Waals surface area contributed by atoms with Gasteiger partial charge in [-0.2, -0.15) is 0 Å². The average molecular weight is 573 g/mol. The first-order valence-corrected chi connectivity index (χ1v) is 14.2. The first-order chi connectivity index (χ1) is 19.4. The fourth-order valence-corrected chi connectivity index (χ4v) is 4.16. The number of nitrogens with two attached hydrogens (primary N) is 1. The Bertz CT molecular complexity index is 1050. The molecule has 1 aromatic carbocycles. The summed E-state index contributed by atoms with van der Waals surface area (Å²) in [6.07, 6.45) is 7.14. The van der Waals surface area contributed by atoms with Crippen molar-refractivity contribution in [3.63, 3.8) is 0 Å². The van der Waals surface area contributed by atoms with E-state index in [0.29, 0.717) is 25.1 Å². The topological polar surface area (TPSA) is 137 Å². The van der Waals surface area contributed by atoms with Crippen molar-refractivity contribution in [3.8, 4) is 17.6 Å². The van der Waals surface area contributed by atoms with Crippen LogP contribution in [0.4, 0.5) is 0 Å². The van der Waals surface area contributed by atoms with Crippen molar-refractivity contribution in [3.05, 3.63) is 42.0 Å². The number of rotatable bonds is 17. The van der Waals surface area contributed by atoms with Crippen LogP contribution >= 0.6 is 0 Å². The summed E-state index contributed by atoms with van der Waals surface area (Å²) in [6.45, 7) is 9.48. The number of amides is 1. The second kappa shape index (κ2) is 18.2. The van der Waals surface area contributed by atoms with Crippen molar-refractivity contribution >= 4 is 17.8 Å². The summed E-state index contributed by atoms with van der Waals surface area (Å²) in [5.41, 5.74) is 3.30. The molecule has 0 heterocycles. The summed E-state index contributed by atoms with van der Waals surface area (Å²) in [5, 5.41) is 14.4. The highest BCUT2D eigenvalue weighted by molar-refractivity contribution is 5.93. The zero-order chi connectivity index (χ0) is 30.9. The van der Waals surface area contributed by atoms with Gasteiger partial charge in [-0.1, -0.05) is 50.0 Å². The molecule has 0 aliphatic carbocycles. The molecule has 228 valence electrons. The second-order valence-electron chi connectivity index (χ2n) is 10.9. The highest BCUT2D eigenvalue weighted by Crippen LogP contribution is 2.30. The molecule has 1 aromatic rings. The Morgan fingerprint density at radius 3 is 2.37 bits per heavy atom. The number of carbonyl (C=O) groups is 3. The van der Waals surface area contributed by atoms with Gasteiger partial charge in [-0.3, -0.25) is 4.79 Å². The van der Waals surface area contributed by atoms with Crippen LogP contribution in [0.5, 0.6) is 5.75 Å². The van der Waals surface area contributed by atoms with E-state index in [1.54, 1.807) is 65.0 Å². The highest BCUT2D eigenvalue weighted by atomic mass is 16.6. The second-order valence-corrected chi connectivity index (χ2v) is 10.9. The molecule has 0 bridgehead atoms. The highest BCUT2D eigenvalue weighted by Gasteiger charge is 2.48. The van der Waals surface area contributed by atoms with Gasteiger partial charge in [-0.05, 0) is 77.6 Å². The Labute approximate surface area is 245 Å². The van der Waals surface area contributed by atoms with Crippen LogP contribution in [0.3, 0.4) is 0 Å². The number of nitrogens with one attached hydrogen (secondary N) is 1. The van der Waals surface area contributed by atoms with Gasteiger partial charge in [0.2, 0.25) is 5.91 Å². The number of unbranched alkanes of at least 4 members (excludes halogenated alkanes) is 3. The lowest BCUT2D eigenvalue weighted by Gasteiger charge is -2.34. The van der Waals surface area contributed by atoms with Crippen molar-refractivity contribution in [1.29, 1.82) is 0 Å². The maximum atomic E-state index is 13.7. The molecule has 0 radical (unpaired) electrons. The lowest BCUT2D eigenvalue weighted by molar-refractivity contribution is -0.184. The molecule has 0 saturated carbocycles. The third kappa shape index (κ3) is 12.8. The predicted octanol–water partition coefficient (Wildman–Crippen LogP) is 3.85. The van der Waals surface area contributed by atoms with Gasteiger partial charge in [-0.25, -0.2) is 9.59 Å². The van der Waals surface area contributed by atoms with Crippen LogP contribution in [0.2, 0.25) is 0 Å². The van der Waals surface area contributed by atoms with Crippen LogP contribution in [0.1, 0.15) is 78.7 Å². The molecule has 1 amide bonds. The summed E-state index contributed by atoms with van der Waals surface area (Å²) in [4.78, 5) is 39.7. The van der Waals surface area contributed by atoms with Gasteiger partial charge in [0.1, 0.15) is 24.0 Å². The predicted molar refractivity (Wildman–Crippen MR) is 159 cm³/mol. The average Bonchev–Trinajstić information content (AvgIpc) is 2.91. The number of hydrogen-bond donors (Lipinski definition) is 3. The number of ether oxygens (including phenoxy) is 3. The summed E-state index contributed by atoms with van der Waals surface area (Å²) in [5.74, 6) is 2.68. The SMILES string of the molecule is CC#CCOc1ccc(C[C@H](NC(=O)[C@@H](C=CCCCCCN)[C@@](O)(CCC)C(=O)OC(C)(C)C)C(=O)OC)cc1. The molecule has 0 aromatic heterocycles. The Morgan fingerprint density at radius 2 is 1.80 bits per heavy atom. The molecule has 9 nitrogen and oxygen atoms in total. The Morgan fingerprint density at radius 1 is 1.12 bits per heavy atom. The van der Waals surface area contributed by atoms with Gasteiger partial charge in [-0.15, -0.1) is 5.92 Å². The van der Waals surface area contributed by atoms with Gasteiger partial charge in [0.25, 0.3) is 0 Å². The van der Waals surface area contributed by atoms with Crippen molar-refractivity contribution in [2.24, 2.45) is 11.7 Å². The number of methoxy groups -OCH3 is 1. The molecule has 41 heavy (non-hydrogen) atoms. The van der Waals surface area contributed by atoms with Gasteiger partial charge < -0.3 is 30.4 Å². The van der Waals surface area contributed by atoms with E-state index in [0.717, 1.165) is 24.8 Å². The first-order valence-electron chi connectivity index (χ1n) is 14.2. The third-order valence-corrected chi connectivity index (χ3v) is 6.24. The van der Waals surface area contributed by atoms with E-state index >= 15 is 0 Å². The monoisotopic (exact) mass is 572 g/mol. The minimum absolute atomic E-state index is 0.00965. The number of allylic oxidation sites excluding steroid dienone is 1. The molecule has 0 aliphatic heterocycles. The molecule has 0 spiro atoms. The molecule has 0 unspecified atom stereocenters. The van der Waals surface area contributed by atoms with Crippen molar-refractivity contribution in [1.82, 2.24) is 5.32 Å². The standard InChI is InChI=1S/C32H48N2O7/c1-7-9-22-40-25-18-16-24(17-19-25)23-27(29(36)39-6)34-28(35)26(15-13-11-10-12-14-21-33)32(38,20-8-2)30(37)41-31(3,4)5/h13,15-19,26-27,38H,8,10-12,14,20-23,33H2,1-6H3,(H,34,35)/t26-,27+,32+/m1/s1. The summed E-state index contributed by atoms with van der Waals surface area (Å²) in [7, 11) is 1.24. The molecular weight excluding hydrogens is 524 g/mol. The molecular formula is C32H48N2O7. The maximum absolute atomic E-state index is 13.7. The Balaban J connectivity index is 3.28. The minimum Gasteiger partial charge on any atom is -0.481 e. The van der Waals surface area contributed by atoms with Crippen molar-refractivity contribution < 1.29 is 33.7 Å². The zero-order valence-electron chi connectivity index (χ0n) is 25.5. The maximum Gasteiger partial charge on any atom is 0.339 e. The van der Waals surface area contributed by atoms with Crippen molar-refractivity contribution in [2.75, 3.05) is 20.3 Å². The molecule has 9 heteroatoms. The van der Waals surface area contributed by atoms with E-state index in [1.165, 1.54) is 13.2 Å².